The Morgan fingerprint density at radius 2 is 2.00 bits per heavy atom. The first kappa shape index (κ1) is 19.9. The Hall–Kier alpha value is -1.45. The molecule has 0 aromatic heterocycles. The second-order valence-corrected chi connectivity index (χ2v) is 10.5. The molecule has 1 aliphatic rings. The molecule has 140 valence electrons. The van der Waals surface area contributed by atoms with Crippen LogP contribution in [0.2, 0.25) is 0 Å². The predicted molar refractivity (Wildman–Crippen MR) is 96.5 cm³/mol. The maximum atomic E-state index is 12.0. The van der Waals surface area contributed by atoms with Crippen molar-refractivity contribution < 1.29 is 21.6 Å². The molecule has 0 aliphatic carbocycles. The maximum absolute atomic E-state index is 12.0. The minimum Gasteiger partial charge on any atom is -0.354 e. The molecule has 7 nitrogen and oxygen atoms in total. The number of nitrogens with one attached hydrogen (secondary N) is 1. The SMILES string of the molecule is Cc1ccccc1CC(=O)NCCN(C1CCS(=O)(=O)C1)S(C)(=O)=O. The van der Waals surface area contributed by atoms with Crippen LogP contribution in [0, 0.1) is 6.92 Å². The van der Waals surface area contributed by atoms with E-state index in [-0.39, 0.29) is 36.9 Å². The smallest absolute Gasteiger partial charge is 0.224 e. The first-order valence-corrected chi connectivity index (χ1v) is 11.7. The summed E-state index contributed by atoms with van der Waals surface area (Å²) in [7, 11) is -6.73. The molecule has 9 heteroatoms. The Bertz CT molecular complexity index is 834. The summed E-state index contributed by atoms with van der Waals surface area (Å²) in [6.45, 7) is 2.14. The summed E-state index contributed by atoms with van der Waals surface area (Å²) < 4.78 is 48.3. The van der Waals surface area contributed by atoms with E-state index in [2.05, 4.69) is 5.32 Å². The van der Waals surface area contributed by atoms with Gasteiger partial charge in [-0.2, -0.15) is 4.31 Å². The van der Waals surface area contributed by atoms with Crippen LogP contribution in [0.4, 0.5) is 0 Å². The van der Waals surface area contributed by atoms with Crippen LogP contribution in [0.15, 0.2) is 24.3 Å². The van der Waals surface area contributed by atoms with E-state index in [9.17, 15) is 21.6 Å². The second-order valence-electron chi connectivity index (χ2n) is 6.38. The largest absolute Gasteiger partial charge is 0.354 e. The Kier molecular flexibility index (Phi) is 6.23. The van der Waals surface area contributed by atoms with Crippen LogP contribution in [0.1, 0.15) is 17.5 Å². The minimum absolute atomic E-state index is 0.00330. The topological polar surface area (TPSA) is 101 Å². The second kappa shape index (κ2) is 7.84. The molecular formula is C16H24N2O5S2. The van der Waals surface area contributed by atoms with Gasteiger partial charge in [0.1, 0.15) is 0 Å². The third kappa shape index (κ3) is 5.79. The van der Waals surface area contributed by atoms with E-state index in [1.165, 1.54) is 4.31 Å². The zero-order valence-electron chi connectivity index (χ0n) is 14.4. The van der Waals surface area contributed by atoms with E-state index in [1.54, 1.807) is 0 Å². The number of aryl methyl sites for hydroxylation is 1. The highest BCUT2D eigenvalue weighted by molar-refractivity contribution is 7.92. The lowest BCUT2D eigenvalue weighted by Gasteiger charge is -2.25. The predicted octanol–water partition coefficient (Wildman–Crippen LogP) is 0.102. The third-order valence-corrected chi connectivity index (χ3v) is 7.39. The van der Waals surface area contributed by atoms with Gasteiger partial charge in [-0.15, -0.1) is 0 Å². The van der Waals surface area contributed by atoms with E-state index in [0.717, 1.165) is 17.4 Å². The van der Waals surface area contributed by atoms with Crippen molar-refractivity contribution in [3.05, 3.63) is 35.4 Å². The number of hydrogen-bond donors (Lipinski definition) is 1. The van der Waals surface area contributed by atoms with Gasteiger partial charge in [-0.1, -0.05) is 24.3 Å². The molecule has 1 amide bonds. The molecule has 0 radical (unpaired) electrons. The molecule has 1 unspecified atom stereocenters. The average molecular weight is 389 g/mol. The molecule has 0 bridgehead atoms. The monoisotopic (exact) mass is 388 g/mol. The summed E-state index contributed by atoms with van der Waals surface area (Å²) in [6.07, 6.45) is 1.59. The number of carbonyl (C=O) groups excluding carboxylic acids is 1. The number of sulfone groups is 1. The molecular weight excluding hydrogens is 364 g/mol. The average Bonchev–Trinajstić information content (AvgIpc) is 2.84. The number of sulfonamides is 1. The summed E-state index contributed by atoms with van der Waals surface area (Å²) in [5, 5.41) is 2.71. The minimum atomic E-state index is -3.54. The molecule has 1 saturated heterocycles. The number of hydrogen-bond acceptors (Lipinski definition) is 5. The van der Waals surface area contributed by atoms with E-state index in [0.29, 0.717) is 6.42 Å². The molecule has 0 spiro atoms. The van der Waals surface area contributed by atoms with Gasteiger partial charge in [-0.3, -0.25) is 4.79 Å². The fraction of sp³-hybridized carbons (Fsp3) is 0.562. The van der Waals surface area contributed by atoms with Crippen LogP contribution in [0.3, 0.4) is 0 Å². The molecule has 1 fully saturated rings. The number of nitrogens with zero attached hydrogens (tertiary/aromatic N) is 1. The normalized spacial score (nSPS) is 19.9. The van der Waals surface area contributed by atoms with E-state index in [4.69, 9.17) is 0 Å². The van der Waals surface area contributed by atoms with Gasteiger partial charge in [-0.05, 0) is 24.5 Å². The number of rotatable bonds is 7. The maximum Gasteiger partial charge on any atom is 0.224 e. The van der Waals surface area contributed by atoms with Crippen LogP contribution < -0.4 is 5.32 Å². The first-order valence-electron chi connectivity index (χ1n) is 8.07. The van der Waals surface area contributed by atoms with Crippen LogP contribution in [0.25, 0.3) is 0 Å². The lowest BCUT2D eigenvalue weighted by Crippen LogP contribution is -2.45. The van der Waals surface area contributed by atoms with E-state index >= 15 is 0 Å². The highest BCUT2D eigenvalue weighted by atomic mass is 32.2. The lowest BCUT2D eigenvalue weighted by molar-refractivity contribution is -0.120. The van der Waals surface area contributed by atoms with Crippen molar-refractivity contribution >= 4 is 25.8 Å². The molecule has 25 heavy (non-hydrogen) atoms. The van der Waals surface area contributed by atoms with Crippen molar-refractivity contribution in [3.8, 4) is 0 Å². The van der Waals surface area contributed by atoms with Gasteiger partial charge >= 0.3 is 0 Å². The fourth-order valence-corrected chi connectivity index (χ4v) is 5.94. The zero-order chi connectivity index (χ0) is 18.7. The van der Waals surface area contributed by atoms with Crippen LogP contribution in [-0.2, 0) is 31.1 Å². The molecule has 1 heterocycles. The molecule has 2 rings (SSSR count). The standard InChI is InChI=1S/C16H24N2O5S2/c1-13-5-3-4-6-14(13)11-16(19)17-8-9-18(24(2,20)21)15-7-10-25(22,23)12-15/h3-6,15H,7-12H2,1-2H3,(H,17,19). The summed E-state index contributed by atoms with van der Waals surface area (Å²) in [5.41, 5.74) is 1.94. The number of carbonyl (C=O) groups is 1. The van der Waals surface area contributed by atoms with Gasteiger partial charge < -0.3 is 5.32 Å². The van der Waals surface area contributed by atoms with Gasteiger partial charge in [0.25, 0.3) is 0 Å². The van der Waals surface area contributed by atoms with Crippen LogP contribution in [-0.4, -0.2) is 63.9 Å². The van der Waals surface area contributed by atoms with Gasteiger partial charge in [0.2, 0.25) is 15.9 Å². The van der Waals surface area contributed by atoms with Gasteiger partial charge in [0, 0.05) is 19.1 Å². The Balaban J connectivity index is 1.91. The van der Waals surface area contributed by atoms with Crippen molar-refractivity contribution in [2.75, 3.05) is 30.9 Å². The Labute approximate surface area is 149 Å². The number of amides is 1. The van der Waals surface area contributed by atoms with E-state index < -0.39 is 25.9 Å². The van der Waals surface area contributed by atoms with Crippen molar-refractivity contribution in [1.29, 1.82) is 0 Å². The van der Waals surface area contributed by atoms with Crippen molar-refractivity contribution in [2.45, 2.75) is 25.8 Å². The fourth-order valence-electron chi connectivity index (χ4n) is 2.97. The molecule has 0 saturated carbocycles. The first-order chi connectivity index (χ1) is 11.6. The van der Waals surface area contributed by atoms with Crippen molar-refractivity contribution in [3.63, 3.8) is 0 Å². The third-order valence-electron chi connectivity index (χ3n) is 4.31. The van der Waals surface area contributed by atoms with Crippen LogP contribution >= 0.6 is 0 Å². The highest BCUT2D eigenvalue weighted by Crippen LogP contribution is 2.19. The van der Waals surface area contributed by atoms with Crippen molar-refractivity contribution in [1.82, 2.24) is 9.62 Å². The number of benzene rings is 1. The molecule has 1 aromatic rings. The molecule has 1 aromatic carbocycles. The molecule has 1 atom stereocenters. The van der Waals surface area contributed by atoms with Crippen LogP contribution in [0.5, 0.6) is 0 Å². The highest BCUT2D eigenvalue weighted by Gasteiger charge is 2.36. The summed E-state index contributed by atoms with van der Waals surface area (Å²) in [5.74, 6) is -0.345. The quantitative estimate of drug-likeness (QED) is 0.714. The van der Waals surface area contributed by atoms with Gasteiger partial charge in [0.15, 0.2) is 9.84 Å². The Morgan fingerprint density at radius 3 is 2.56 bits per heavy atom. The van der Waals surface area contributed by atoms with E-state index in [1.807, 2.05) is 31.2 Å². The summed E-state index contributed by atoms with van der Waals surface area (Å²) in [6, 6.07) is 7.02. The van der Waals surface area contributed by atoms with Crippen molar-refractivity contribution in [2.24, 2.45) is 0 Å². The zero-order valence-corrected chi connectivity index (χ0v) is 16.1. The molecule has 1 N–H and O–H groups in total. The van der Waals surface area contributed by atoms with Gasteiger partial charge in [0.05, 0.1) is 24.2 Å². The summed E-state index contributed by atoms with van der Waals surface area (Å²) >= 11 is 0. The summed E-state index contributed by atoms with van der Waals surface area (Å²) in [4.78, 5) is 12.0. The molecule has 1 aliphatic heterocycles. The Morgan fingerprint density at radius 1 is 1.32 bits per heavy atom. The lowest BCUT2D eigenvalue weighted by atomic mass is 10.1. The van der Waals surface area contributed by atoms with Gasteiger partial charge in [-0.25, -0.2) is 16.8 Å².